The number of benzene rings is 1. The Balaban J connectivity index is 1.88. The fourth-order valence-electron chi connectivity index (χ4n) is 2.12. The number of primary amides is 1. The molecule has 0 atom stereocenters. The van der Waals surface area contributed by atoms with E-state index in [2.05, 4.69) is 25.5 Å². The van der Waals surface area contributed by atoms with Crippen LogP contribution < -0.4 is 11.1 Å². The highest BCUT2D eigenvalue weighted by Crippen LogP contribution is 2.18. The van der Waals surface area contributed by atoms with E-state index in [1.54, 1.807) is 24.3 Å². The summed E-state index contributed by atoms with van der Waals surface area (Å²) >= 11 is 0. The van der Waals surface area contributed by atoms with E-state index in [9.17, 15) is 9.59 Å². The van der Waals surface area contributed by atoms with Crippen LogP contribution in [0.15, 0.2) is 42.9 Å². The van der Waals surface area contributed by atoms with Crippen LogP contribution in [0.4, 0.5) is 5.69 Å². The van der Waals surface area contributed by atoms with Crippen LogP contribution in [-0.2, 0) is 0 Å². The van der Waals surface area contributed by atoms with E-state index in [1.807, 2.05) is 6.07 Å². The molecule has 3 aromatic rings. The normalized spacial score (nSPS) is 10.0. The number of nitriles is 1. The van der Waals surface area contributed by atoms with Gasteiger partial charge in [-0.25, -0.2) is 4.98 Å². The number of H-pyrrole nitrogens is 1. The summed E-state index contributed by atoms with van der Waals surface area (Å²) in [6.45, 7) is 0. The zero-order valence-corrected chi connectivity index (χ0v) is 12.7. The number of aromatic nitrogens is 4. The van der Waals surface area contributed by atoms with Gasteiger partial charge in [0.25, 0.3) is 11.8 Å². The third-order valence-electron chi connectivity index (χ3n) is 3.29. The SMILES string of the molecule is N#Cc1cccc(-c2cncc(C(=O)Nc3cn[nH]c3C(N)=O)n2)c1. The number of nitrogens with two attached hydrogens (primary N) is 1. The minimum Gasteiger partial charge on any atom is -0.364 e. The third-order valence-corrected chi connectivity index (χ3v) is 3.29. The van der Waals surface area contributed by atoms with Gasteiger partial charge in [0.2, 0.25) is 0 Å². The Hall–Kier alpha value is -4.06. The maximum Gasteiger partial charge on any atom is 0.275 e. The van der Waals surface area contributed by atoms with E-state index >= 15 is 0 Å². The van der Waals surface area contributed by atoms with Crippen LogP contribution in [0.2, 0.25) is 0 Å². The molecule has 0 aliphatic heterocycles. The first-order chi connectivity index (χ1) is 12.1. The number of carbonyl (C=O) groups is 2. The van der Waals surface area contributed by atoms with Gasteiger partial charge in [0.05, 0.1) is 41.6 Å². The van der Waals surface area contributed by atoms with E-state index in [0.29, 0.717) is 16.8 Å². The summed E-state index contributed by atoms with van der Waals surface area (Å²) in [5.74, 6) is -1.32. The third kappa shape index (κ3) is 3.32. The van der Waals surface area contributed by atoms with Crippen molar-refractivity contribution in [1.29, 1.82) is 5.26 Å². The first-order valence-corrected chi connectivity index (χ1v) is 7.05. The van der Waals surface area contributed by atoms with Crippen LogP contribution in [-0.4, -0.2) is 32.0 Å². The van der Waals surface area contributed by atoms with Crippen molar-refractivity contribution in [2.45, 2.75) is 0 Å². The maximum absolute atomic E-state index is 12.3. The maximum atomic E-state index is 12.3. The van der Waals surface area contributed by atoms with Gasteiger partial charge in [0, 0.05) is 5.56 Å². The summed E-state index contributed by atoms with van der Waals surface area (Å²) in [5.41, 5.74) is 6.92. The summed E-state index contributed by atoms with van der Waals surface area (Å²) in [6, 6.07) is 8.82. The molecule has 0 aliphatic rings. The first kappa shape index (κ1) is 15.8. The summed E-state index contributed by atoms with van der Waals surface area (Å²) in [5, 5.41) is 17.5. The molecule has 0 bridgehead atoms. The molecule has 0 saturated heterocycles. The van der Waals surface area contributed by atoms with Crippen LogP contribution in [0, 0.1) is 11.3 Å². The van der Waals surface area contributed by atoms with Crippen molar-refractivity contribution in [3.05, 3.63) is 59.8 Å². The second-order valence-corrected chi connectivity index (χ2v) is 4.96. The van der Waals surface area contributed by atoms with Crippen molar-refractivity contribution in [2.24, 2.45) is 5.73 Å². The van der Waals surface area contributed by atoms with Gasteiger partial charge in [0.15, 0.2) is 0 Å². The molecule has 2 heterocycles. The highest BCUT2D eigenvalue weighted by molar-refractivity contribution is 6.07. The van der Waals surface area contributed by atoms with E-state index in [-0.39, 0.29) is 17.1 Å². The zero-order chi connectivity index (χ0) is 17.8. The van der Waals surface area contributed by atoms with Gasteiger partial charge in [0.1, 0.15) is 11.4 Å². The fourth-order valence-corrected chi connectivity index (χ4v) is 2.12. The Morgan fingerprint density at radius 2 is 2.08 bits per heavy atom. The molecule has 122 valence electrons. The van der Waals surface area contributed by atoms with Gasteiger partial charge in [-0.3, -0.25) is 19.7 Å². The van der Waals surface area contributed by atoms with E-state index < -0.39 is 11.8 Å². The number of hydrogen-bond donors (Lipinski definition) is 3. The summed E-state index contributed by atoms with van der Waals surface area (Å²) in [4.78, 5) is 31.8. The molecule has 0 fully saturated rings. The van der Waals surface area contributed by atoms with Crippen LogP contribution in [0.25, 0.3) is 11.3 Å². The molecule has 9 heteroatoms. The predicted molar refractivity (Wildman–Crippen MR) is 87.2 cm³/mol. The number of amides is 2. The van der Waals surface area contributed by atoms with Crippen LogP contribution in [0.5, 0.6) is 0 Å². The standard InChI is InChI=1S/C16H11N7O2/c17-5-9-2-1-3-10(4-9)11-6-19-7-13(21-11)16(25)22-12-8-20-23-14(12)15(18)24/h1-4,6-8H,(H2,18,24)(H,20,23)(H,22,25). The Bertz CT molecular complexity index is 1000. The molecule has 1 aromatic carbocycles. The molecule has 0 spiro atoms. The van der Waals surface area contributed by atoms with E-state index in [4.69, 9.17) is 11.0 Å². The largest absolute Gasteiger partial charge is 0.364 e. The highest BCUT2D eigenvalue weighted by Gasteiger charge is 2.16. The molecular formula is C16H11N7O2. The van der Waals surface area contributed by atoms with Crippen LogP contribution >= 0.6 is 0 Å². The Labute approximate surface area is 141 Å². The summed E-state index contributed by atoms with van der Waals surface area (Å²) in [7, 11) is 0. The number of carbonyl (C=O) groups excluding carboxylic acids is 2. The van der Waals surface area contributed by atoms with Crippen molar-refractivity contribution in [1.82, 2.24) is 20.2 Å². The first-order valence-electron chi connectivity index (χ1n) is 7.05. The predicted octanol–water partition coefficient (Wildman–Crippen LogP) is 1.09. The molecule has 4 N–H and O–H groups in total. The molecule has 2 aromatic heterocycles. The second kappa shape index (κ2) is 6.59. The van der Waals surface area contributed by atoms with Gasteiger partial charge in [-0.2, -0.15) is 10.4 Å². The Kier molecular flexibility index (Phi) is 4.17. The van der Waals surface area contributed by atoms with Crippen molar-refractivity contribution < 1.29 is 9.59 Å². The van der Waals surface area contributed by atoms with Crippen molar-refractivity contribution in [3.63, 3.8) is 0 Å². The Morgan fingerprint density at radius 3 is 2.84 bits per heavy atom. The van der Waals surface area contributed by atoms with Gasteiger partial charge in [-0.05, 0) is 12.1 Å². The summed E-state index contributed by atoms with van der Waals surface area (Å²) < 4.78 is 0. The number of aromatic amines is 1. The summed E-state index contributed by atoms with van der Waals surface area (Å²) in [6.07, 6.45) is 4.04. The molecule has 0 unspecified atom stereocenters. The molecular weight excluding hydrogens is 322 g/mol. The average Bonchev–Trinajstić information content (AvgIpc) is 3.10. The zero-order valence-electron chi connectivity index (χ0n) is 12.7. The van der Waals surface area contributed by atoms with Gasteiger partial charge in [-0.1, -0.05) is 12.1 Å². The Morgan fingerprint density at radius 1 is 1.24 bits per heavy atom. The van der Waals surface area contributed by atoms with Gasteiger partial charge < -0.3 is 11.1 Å². The van der Waals surface area contributed by atoms with Crippen molar-refractivity contribution >= 4 is 17.5 Å². The lowest BCUT2D eigenvalue weighted by molar-refractivity contribution is 0.0996. The number of rotatable bonds is 4. The number of nitrogens with one attached hydrogen (secondary N) is 2. The van der Waals surface area contributed by atoms with Crippen molar-refractivity contribution in [2.75, 3.05) is 5.32 Å². The molecule has 2 amide bonds. The fraction of sp³-hybridized carbons (Fsp3) is 0. The van der Waals surface area contributed by atoms with Gasteiger partial charge >= 0.3 is 0 Å². The number of nitrogens with zero attached hydrogens (tertiary/aromatic N) is 4. The lowest BCUT2D eigenvalue weighted by atomic mass is 10.1. The number of hydrogen-bond acceptors (Lipinski definition) is 6. The topological polar surface area (TPSA) is 150 Å². The van der Waals surface area contributed by atoms with E-state index in [1.165, 1.54) is 18.6 Å². The molecule has 25 heavy (non-hydrogen) atoms. The molecule has 3 rings (SSSR count). The molecule has 9 nitrogen and oxygen atoms in total. The molecule has 0 radical (unpaired) electrons. The monoisotopic (exact) mass is 333 g/mol. The van der Waals surface area contributed by atoms with Crippen molar-refractivity contribution in [3.8, 4) is 17.3 Å². The van der Waals surface area contributed by atoms with Crippen LogP contribution in [0.1, 0.15) is 26.5 Å². The van der Waals surface area contributed by atoms with Gasteiger partial charge in [-0.15, -0.1) is 0 Å². The molecule has 0 saturated carbocycles. The minimum absolute atomic E-state index is 0.0146. The molecule has 0 aliphatic carbocycles. The lowest BCUT2D eigenvalue weighted by Crippen LogP contribution is -2.18. The minimum atomic E-state index is -0.749. The van der Waals surface area contributed by atoms with E-state index in [0.717, 1.165) is 0 Å². The quantitative estimate of drug-likeness (QED) is 0.650. The average molecular weight is 333 g/mol. The van der Waals surface area contributed by atoms with Crippen LogP contribution in [0.3, 0.4) is 0 Å². The lowest BCUT2D eigenvalue weighted by Gasteiger charge is -2.06. The smallest absolute Gasteiger partial charge is 0.275 e. The highest BCUT2D eigenvalue weighted by atomic mass is 16.2. The second-order valence-electron chi connectivity index (χ2n) is 4.96. The number of anilines is 1.